The summed E-state index contributed by atoms with van der Waals surface area (Å²) in [5.41, 5.74) is -0.253. The summed E-state index contributed by atoms with van der Waals surface area (Å²) in [4.78, 5) is 2.40. The number of ether oxygens (including phenoxy) is 1. The second-order valence-electron chi connectivity index (χ2n) is 5.01. The molecule has 5 nitrogen and oxygen atoms in total. The molecule has 0 aromatic carbocycles. The molecule has 94 valence electrons. The maximum absolute atomic E-state index is 11.2. The van der Waals surface area contributed by atoms with Gasteiger partial charge in [0.25, 0.3) is 0 Å². The first-order chi connectivity index (χ1) is 7.43. The van der Waals surface area contributed by atoms with Crippen molar-refractivity contribution < 1.29 is 13.2 Å². The Bertz CT molecular complexity index is 329. The van der Waals surface area contributed by atoms with E-state index in [0.29, 0.717) is 12.6 Å². The van der Waals surface area contributed by atoms with Crippen LogP contribution in [0.1, 0.15) is 26.7 Å². The van der Waals surface area contributed by atoms with E-state index in [1.165, 1.54) is 0 Å². The van der Waals surface area contributed by atoms with Crippen LogP contribution in [0.5, 0.6) is 0 Å². The molecule has 0 amide bonds. The first-order valence-corrected chi connectivity index (χ1v) is 7.43. The van der Waals surface area contributed by atoms with Gasteiger partial charge in [-0.1, -0.05) is 0 Å². The molecule has 0 bridgehead atoms. The van der Waals surface area contributed by atoms with Crippen LogP contribution in [0.15, 0.2) is 0 Å². The van der Waals surface area contributed by atoms with Crippen LogP contribution in [0.2, 0.25) is 0 Å². The number of sulfonamides is 1. The third kappa shape index (κ3) is 2.56. The SMILES string of the molecule is CC(C)N1CCC2(CC1)CNS(=O)(=O)CO2. The fourth-order valence-corrected chi connectivity index (χ4v) is 3.28. The van der Waals surface area contributed by atoms with Crippen molar-refractivity contribution in [3.8, 4) is 0 Å². The number of hydrogen-bond acceptors (Lipinski definition) is 4. The summed E-state index contributed by atoms with van der Waals surface area (Å²) in [7, 11) is -3.17. The van der Waals surface area contributed by atoms with E-state index in [4.69, 9.17) is 4.74 Å². The number of rotatable bonds is 1. The molecule has 2 aliphatic rings. The zero-order valence-corrected chi connectivity index (χ0v) is 10.7. The first-order valence-electron chi connectivity index (χ1n) is 5.78. The number of likely N-dealkylation sites (tertiary alicyclic amines) is 1. The van der Waals surface area contributed by atoms with Gasteiger partial charge in [0, 0.05) is 25.7 Å². The molecule has 1 N–H and O–H groups in total. The highest BCUT2D eigenvalue weighted by Crippen LogP contribution is 2.29. The minimum atomic E-state index is -3.17. The topological polar surface area (TPSA) is 58.6 Å². The molecule has 0 atom stereocenters. The fourth-order valence-electron chi connectivity index (χ4n) is 2.31. The lowest BCUT2D eigenvalue weighted by atomic mass is 9.90. The maximum atomic E-state index is 11.2. The summed E-state index contributed by atoms with van der Waals surface area (Å²) >= 11 is 0. The normalized spacial score (nSPS) is 29.7. The summed E-state index contributed by atoms with van der Waals surface area (Å²) in [6.45, 7) is 6.77. The highest BCUT2D eigenvalue weighted by atomic mass is 32.2. The molecule has 2 aliphatic heterocycles. The number of nitrogens with one attached hydrogen (secondary N) is 1. The molecule has 2 fully saturated rings. The van der Waals surface area contributed by atoms with Crippen molar-refractivity contribution in [2.45, 2.75) is 38.3 Å². The summed E-state index contributed by atoms with van der Waals surface area (Å²) in [6, 6.07) is 0.553. The van der Waals surface area contributed by atoms with Gasteiger partial charge in [-0.25, -0.2) is 13.1 Å². The van der Waals surface area contributed by atoms with Crippen molar-refractivity contribution in [2.24, 2.45) is 0 Å². The predicted molar refractivity (Wildman–Crippen MR) is 61.5 cm³/mol. The lowest BCUT2D eigenvalue weighted by molar-refractivity contribution is -0.0728. The molecule has 0 unspecified atom stereocenters. The Morgan fingerprint density at radius 3 is 2.38 bits per heavy atom. The number of piperidine rings is 1. The van der Waals surface area contributed by atoms with Crippen LogP contribution in [0.4, 0.5) is 0 Å². The second kappa shape index (κ2) is 4.25. The van der Waals surface area contributed by atoms with E-state index < -0.39 is 10.0 Å². The summed E-state index contributed by atoms with van der Waals surface area (Å²) in [5, 5.41) is 0. The van der Waals surface area contributed by atoms with E-state index in [9.17, 15) is 8.42 Å². The third-order valence-electron chi connectivity index (χ3n) is 3.57. The van der Waals surface area contributed by atoms with Crippen LogP contribution in [-0.4, -0.2) is 50.5 Å². The van der Waals surface area contributed by atoms with Crippen molar-refractivity contribution in [1.82, 2.24) is 9.62 Å². The quantitative estimate of drug-likeness (QED) is 0.717. The standard InChI is InChI=1S/C10H20N2O3S/c1-9(2)12-5-3-10(4-6-12)7-11-16(13,14)8-15-10/h9,11H,3-8H2,1-2H3. The second-order valence-corrected chi connectivity index (χ2v) is 6.76. The van der Waals surface area contributed by atoms with Crippen molar-refractivity contribution >= 4 is 10.0 Å². The number of nitrogens with zero attached hydrogens (tertiary/aromatic N) is 1. The Kier molecular flexibility index (Phi) is 3.27. The molecule has 2 rings (SSSR count). The third-order valence-corrected chi connectivity index (χ3v) is 4.59. The first kappa shape index (κ1) is 12.3. The monoisotopic (exact) mass is 248 g/mol. The van der Waals surface area contributed by atoms with Gasteiger partial charge in [0.05, 0.1) is 5.60 Å². The molecular formula is C10H20N2O3S. The average Bonchev–Trinajstić information content (AvgIpc) is 2.24. The van der Waals surface area contributed by atoms with E-state index in [-0.39, 0.29) is 11.5 Å². The van der Waals surface area contributed by atoms with Crippen molar-refractivity contribution in [1.29, 1.82) is 0 Å². The summed E-state index contributed by atoms with van der Waals surface area (Å²) < 4.78 is 30.6. The lowest BCUT2D eigenvalue weighted by Gasteiger charge is -2.44. The Labute approximate surface area is 97.2 Å². The van der Waals surface area contributed by atoms with Crippen LogP contribution < -0.4 is 4.72 Å². The Morgan fingerprint density at radius 2 is 1.94 bits per heavy atom. The van der Waals surface area contributed by atoms with Crippen molar-refractivity contribution in [3.05, 3.63) is 0 Å². The zero-order chi connectivity index (χ0) is 11.8. The Balaban J connectivity index is 1.93. The zero-order valence-electron chi connectivity index (χ0n) is 9.90. The highest BCUT2D eigenvalue weighted by molar-refractivity contribution is 7.89. The Morgan fingerprint density at radius 1 is 1.31 bits per heavy atom. The van der Waals surface area contributed by atoms with Gasteiger partial charge in [-0.2, -0.15) is 0 Å². The molecular weight excluding hydrogens is 228 g/mol. The average molecular weight is 248 g/mol. The van der Waals surface area contributed by atoms with Crippen LogP contribution in [0.25, 0.3) is 0 Å². The van der Waals surface area contributed by atoms with Crippen molar-refractivity contribution in [2.75, 3.05) is 25.6 Å². The molecule has 0 aromatic heterocycles. The van der Waals surface area contributed by atoms with Gasteiger partial charge < -0.3 is 9.64 Å². The van der Waals surface area contributed by atoms with E-state index in [1.54, 1.807) is 0 Å². The van der Waals surface area contributed by atoms with Gasteiger partial charge in [-0.15, -0.1) is 0 Å². The van der Waals surface area contributed by atoms with Gasteiger partial charge in [0.2, 0.25) is 10.0 Å². The smallest absolute Gasteiger partial charge is 0.235 e. The van der Waals surface area contributed by atoms with Gasteiger partial charge in [0.15, 0.2) is 5.94 Å². The minimum Gasteiger partial charge on any atom is -0.356 e. The van der Waals surface area contributed by atoms with Gasteiger partial charge in [0.1, 0.15) is 0 Å². The summed E-state index contributed by atoms with van der Waals surface area (Å²) in [5.74, 6) is -0.186. The number of hydrogen-bond donors (Lipinski definition) is 1. The van der Waals surface area contributed by atoms with Crippen LogP contribution >= 0.6 is 0 Å². The Hall–Kier alpha value is -0.170. The molecule has 16 heavy (non-hydrogen) atoms. The van der Waals surface area contributed by atoms with Crippen molar-refractivity contribution in [3.63, 3.8) is 0 Å². The fraction of sp³-hybridized carbons (Fsp3) is 1.00. The minimum absolute atomic E-state index is 0.186. The molecule has 0 saturated carbocycles. The van der Waals surface area contributed by atoms with Gasteiger partial charge in [-0.3, -0.25) is 0 Å². The maximum Gasteiger partial charge on any atom is 0.235 e. The largest absolute Gasteiger partial charge is 0.356 e. The predicted octanol–water partition coefficient (Wildman–Crippen LogP) is 0.137. The van der Waals surface area contributed by atoms with E-state index in [1.807, 2.05) is 0 Å². The van der Waals surface area contributed by atoms with Crippen LogP contribution in [0, 0.1) is 0 Å². The molecule has 6 heteroatoms. The lowest BCUT2D eigenvalue weighted by Crippen LogP contribution is -2.57. The van der Waals surface area contributed by atoms with Gasteiger partial charge >= 0.3 is 0 Å². The molecule has 1 spiro atoms. The van der Waals surface area contributed by atoms with E-state index in [0.717, 1.165) is 25.9 Å². The molecule has 2 saturated heterocycles. The van der Waals surface area contributed by atoms with Crippen LogP contribution in [-0.2, 0) is 14.8 Å². The molecule has 0 aliphatic carbocycles. The highest BCUT2D eigenvalue weighted by Gasteiger charge is 2.40. The molecule has 0 aromatic rings. The van der Waals surface area contributed by atoms with Crippen LogP contribution in [0.3, 0.4) is 0 Å². The van der Waals surface area contributed by atoms with E-state index in [2.05, 4.69) is 23.5 Å². The molecule has 2 heterocycles. The summed E-state index contributed by atoms with van der Waals surface area (Å²) in [6.07, 6.45) is 1.82. The molecule has 0 radical (unpaired) electrons. The van der Waals surface area contributed by atoms with Gasteiger partial charge in [-0.05, 0) is 26.7 Å². The van der Waals surface area contributed by atoms with E-state index >= 15 is 0 Å².